The molecule has 0 aliphatic carbocycles. The van der Waals surface area contributed by atoms with Crippen LogP contribution in [0.1, 0.15) is 15.9 Å². The number of rotatable bonds is 4. The van der Waals surface area contributed by atoms with Crippen molar-refractivity contribution in [2.24, 2.45) is 5.73 Å². The molecule has 1 amide bonds. The van der Waals surface area contributed by atoms with E-state index in [1.165, 1.54) is 0 Å². The van der Waals surface area contributed by atoms with Crippen LogP contribution in [-0.4, -0.2) is 13.0 Å². The van der Waals surface area contributed by atoms with Crippen LogP contribution in [0.4, 0.5) is 11.4 Å². The first-order chi connectivity index (χ1) is 9.49. The molecule has 0 aliphatic heterocycles. The Hall–Kier alpha value is -2.01. The highest BCUT2D eigenvalue weighted by Crippen LogP contribution is 2.27. The van der Waals surface area contributed by atoms with Crippen LogP contribution in [0, 0.1) is 0 Å². The molecule has 0 saturated carbocycles. The van der Waals surface area contributed by atoms with Gasteiger partial charge in [0.2, 0.25) is 0 Å². The summed E-state index contributed by atoms with van der Waals surface area (Å²) in [7, 11) is 1.91. The van der Waals surface area contributed by atoms with Crippen LogP contribution in [0.2, 0.25) is 0 Å². The van der Waals surface area contributed by atoms with Gasteiger partial charge in [0.1, 0.15) is 0 Å². The molecule has 0 spiro atoms. The Morgan fingerprint density at radius 2 is 1.95 bits per heavy atom. The summed E-state index contributed by atoms with van der Waals surface area (Å²) in [4.78, 5) is 13.6. The number of nitrogens with zero attached hydrogens (tertiary/aromatic N) is 1. The Morgan fingerprint density at radius 3 is 2.60 bits per heavy atom. The zero-order valence-corrected chi connectivity index (χ0v) is 12.7. The summed E-state index contributed by atoms with van der Waals surface area (Å²) >= 11 is 3.37. The molecule has 0 heterocycles. The van der Waals surface area contributed by atoms with Gasteiger partial charge in [0.15, 0.2) is 0 Å². The standard InChI is InChI=1S/C15H16BrN3O/c1-19(9-10-4-2-5-11(17)8-10)13-7-3-6-12(16)14(13)15(18)20/h2-8H,9,17H2,1H3,(H2,18,20). The fraction of sp³-hybridized carbons (Fsp3) is 0.133. The van der Waals surface area contributed by atoms with Gasteiger partial charge in [0.25, 0.3) is 5.91 Å². The van der Waals surface area contributed by atoms with E-state index in [0.29, 0.717) is 16.6 Å². The fourth-order valence-electron chi connectivity index (χ4n) is 2.13. The van der Waals surface area contributed by atoms with E-state index in [0.717, 1.165) is 16.9 Å². The lowest BCUT2D eigenvalue weighted by Gasteiger charge is -2.22. The zero-order chi connectivity index (χ0) is 14.7. The lowest BCUT2D eigenvalue weighted by molar-refractivity contribution is 0.1000. The van der Waals surface area contributed by atoms with E-state index in [4.69, 9.17) is 11.5 Å². The zero-order valence-electron chi connectivity index (χ0n) is 11.1. The Bertz CT molecular complexity index is 643. The summed E-state index contributed by atoms with van der Waals surface area (Å²) in [6.07, 6.45) is 0. The van der Waals surface area contributed by atoms with Crippen molar-refractivity contribution >= 4 is 33.2 Å². The maximum atomic E-state index is 11.6. The van der Waals surface area contributed by atoms with Crippen LogP contribution in [0.3, 0.4) is 0 Å². The highest BCUT2D eigenvalue weighted by Gasteiger charge is 2.15. The Morgan fingerprint density at radius 1 is 1.25 bits per heavy atom. The molecule has 0 radical (unpaired) electrons. The minimum atomic E-state index is -0.452. The first kappa shape index (κ1) is 14.4. The molecule has 104 valence electrons. The van der Waals surface area contributed by atoms with E-state index in [1.54, 1.807) is 6.07 Å². The topological polar surface area (TPSA) is 72.3 Å². The smallest absolute Gasteiger partial charge is 0.251 e. The van der Waals surface area contributed by atoms with E-state index < -0.39 is 5.91 Å². The fourth-order valence-corrected chi connectivity index (χ4v) is 2.68. The highest BCUT2D eigenvalue weighted by atomic mass is 79.9. The molecule has 20 heavy (non-hydrogen) atoms. The summed E-state index contributed by atoms with van der Waals surface area (Å²) in [5.74, 6) is -0.452. The van der Waals surface area contributed by atoms with Crippen molar-refractivity contribution in [2.75, 3.05) is 17.7 Å². The molecular weight excluding hydrogens is 318 g/mol. The number of halogens is 1. The van der Waals surface area contributed by atoms with E-state index in [1.807, 2.05) is 48.3 Å². The van der Waals surface area contributed by atoms with Crippen LogP contribution in [0.15, 0.2) is 46.9 Å². The molecule has 0 aliphatic rings. The third-order valence-electron chi connectivity index (χ3n) is 3.02. The molecule has 0 unspecified atom stereocenters. The number of carbonyl (C=O) groups excluding carboxylic acids is 1. The van der Waals surface area contributed by atoms with Gasteiger partial charge in [-0.2, -0.15) is 0 Å². The molecule has 2 aromatic carbocycles. The van der Waals surface area contributed by atoms with Crippen molar-refractivity contribution in [1.82, 2.24) is 0 Å². The van der Waals surface area contributed by atoms with Crippen molar-refractivity contribution in [1.29, 1.82) is 0 Å². The summed E-state index contributed by atoms with van der Waals surface area (Å²) in [5.41, 5.74) is 14.3. The molecule has 0 saturated heterocycles. The molecule has 0 bridgehead atoms. The molecule has 5 heteroatoms. The number of hydrogen-bond acceptors (Lipinski definition) is 3. The molecule has 0 aromatic heterocycles. The van der Waals surface area contributed by atoms with Crippen molar-refractivity contribution < 1.29 is 4.79 Å². The SMILES string of the molecule is CN(Cc1cccc(N)c1)c1cccc(Br)c1C(N)=O. The largest absolute Gasteiger partial charge is 0.399 e. The van der Waals surface area contributed by atoms with Crippen LogP contribution < -0.4 is 16.4 Å². The number of nitrogen functional groups attached to an aromatic ring is 1. The van der Waals surface area contributed by atoms with Crippen molar-refractivity contribution in [3.63, 3.8) is 0 Å². The molecule has 2 rings (SSSR count). The number of anilines is 2. The molecule has 4 nitrogen and oxygen atoms in total. The van der Waals surface area contributed by atoms with E-state index in [9.17, 15) is 4.79 Å². The maximum Gasteiger partial charge on any atom is 0.251 e. The first-order valence-electron chi connectivity index (χ1n) is 6.13. The van der Waals surface area contributed by atoms with Gasteiger partial charge in [-0.15, -0.1) is 0 Å². The van der Waals surface area contributed by atoms with Gasteiger partial charge in [-0.05, 0) is 45.8 Å². The summed E-state index contributed by atoms with van der Waals surface area (Å²) in [6.45, 7) is 0.641. The minimum Gasteiger partial charge on any atom is -0.399 e. The number of nitrogens with two attached hydrogens (primary N) is 2. The third-order valence-corrected chi connectivity index (χ3v) is 3.68. The van der Waals surface area contributed by atoms with Crippen LogP contribution in [-0.2, 0) is 6.54 Å². The summed E-state index contributed by atoms with van der Waals surface area (Å²) in [5, 5.41) is 0. The Balaban J connectivity index is 2.32. The average Bonchev–Trinajstić information content (AvgIpc) is 2.37. The van der Waals surface area contributed by atoms with Gasteiger partial charge in [-0.3, -0.25) is 4.79 Å². The lowest BCUT2D eigenvalue weighted by atomic mass is 10.1. The molecule has 0 atom stereocenters. The van der Waals surface area contributed by atoms with Gasteiger partial charge in [0, 0.05) is 23.8 Å². The molecule has 0 fully saturated rings. The van der Waals surface area contributed by atoms with Crippen molar-refractivity contribution in [3.05, 3.63) is 58.1 Å². The maximum absolute atomic E-state index is 11.6. The van der Waals surface area contributed by atoms with Gasteiger partial charge >= 0.3 is 0 Å². The van der Waals surface area contributed by atoms with Crippen LogP contribution in [0.5, 0.6) is 0 Å². The molecule has 4 N–H and O–H groups in total. The van der Waals surface area contributed by atoms with Gasteiger partial charge in [-0.1, -0.05) is 18.2 Å². The first-order valence-corrected chi connectivity index (χ1v) is 6.92. The number of hydrogen-bond donors (Lipinski definition) is 2. The Labute approximate surface area is 126 Å². The molecule has 2 aromatic rings. The van der Waals surface area contributed by atoms with E-state index in [2.05, 4.69) is 15.9 Å². The van der Waals surface area contributed by atoms with Crippen molar-refractivity contribution in [2.45, 2.75) is 6.54 Å². The number of primary amides is 1. The summed E-state index contributed by atoms with van der Waals surface area (Å²) in [6, 6.07) is 13.2. The Kier molecular flexibility index (Phi) is 4.29. The average molecular weight is 334 g/mol. The predicted octanol–water partition coefficient (Wildman–Crippen LogP) is 2.77. The summed E-state index contributed by atoms with van der Waals surface area (Å²) < 4.78 is 0.696. The van der Waals surface area contributed by atoms with E-state index >= 15 is 0 Å². The number of amides is 1. The second-order valence-corrected chi connectivity index (χ2v) is 5.45. The van der Waals surface area contributed by atoms with Crippen LogP contribution in [0.25, 0.3) is 0 Å². The second-order valence-electron chi connectivity index (χ2n) is 4.60. The normalized spacial score (nSPS) is 10.3. The van der Waals surface area contributed by atoms with Gasteiger partial charge in [0.05, 0.1) is 11.3 Å². The second kappa shape index (κ2) is 5.96. The van der Waals surface area contributed by atoms with Gasteiger partial charge < -0.3 is 16.4 Å². The van der Waals surface area contributed by atoms with Crippen LogP contribution >= 0.6 is 15.9 Å². The lowest BCUT2D eigenvalue weighted by Crippen LogP contribution is -2.22. The highest BCUT2D eigenvalue weighted by molar-refractivity contribution is 9.10. The number of carbonyl (C=O) groups is 1. The number of benzene rings is 2. The van der Waals surface area contributed by atoms with E-state index in [-0.39, 0.29) is 0 Å². The predicted molar refractivity (Wildman–Crippen MR) is 85.6 cm³/mol. The molecular formula is C15H16BrN3O. The monoisotopic (exact) mass is 333 g/mol. The minimum absolute atomic E-state index is 0.452. The van der Waals surface area contributed by atoms with Gasteiger partial charge in [-0.25, -0.2) is 0 Å². The quantitative estimate of drug-likeness (QED) is 0.845. The third kappa shape index (κ3) is 3.11. The van der Waals surface area contributed by atoms with Crippen molar-refractivity contribution in [3.8, 4) is 0 Å².